The maximum absolute atomic E-state index is 5.99. The third-order valence-electron chi connectivity index (χ3n) is 3.79. The zero-order valence-electron chi connectivity index (χ0n) is 12.4. The van der Waals surface area contributed by atoms with E-state index in [0.29, 0.717) is 6.54 Å². The van der Waals surface area contributed by atoms with Crippen molar-refractivity contribution in [3.8, 4) is 5.75 Å². The number of halogens is 1. The third kappa shape index (κ3) is 4.19. The van der Waals surface area contributed by atoms with Crippen LogP contribution in [0.5, 0.6) is 5.75 Å². The summed E-state index contributed by atoms with van der Waals surface area (Å²) in [5.74, 6) is 0.949. The normalized spacial score (nSPS) is 17.4. The molecule has 0 saturated carbocycles. The van der Waals surface area contributed by atoms with Crippen molar-refractivity contribution in [2.45, 2.75) is 13.5 Å². The van der Waals surface area contributed by atoms with Gasteiger partial charge in [-0.15, -0.1) is 0 Å². The molecule has 1 aliphatic rings. The predicted octanol–water partition coefficient (Wildman–Crippen LogP) is 1.84. The highest BCUT2D eigenvalue weighted by atomic mass is 79.9. The summed E-state index contributed by atoms with van der Waals surface area (Å²) in [6.07, 6.45) is 0. The number of benzene rings is 1. The van der Waals surface area contributed by atoms with Crippen molar-refractivity contribution < 1.29 is 4.74 Å². The predicted molar refractivity (Wildman–Crippen MR) is 86.2 cm³/mol. The van der Waals surface area contributed by atoms with Gasteiger partial charge in [0.05, 0.1) is 0 Å². The first-order valence-electron chi connectivity index (χ1n) is 7.13. The fraction of sp³-hybridized carbons (Fsp3) is 0.600. The highest BCUT2D eigenvalue weighted by molar-refractivity contribution is 9.10. The summed E-state index contributed by atoms with van der Waals surface area (Å²) in [7, 11) is 2.17. The molecule has 1 heterocycles. The van der Waals surface area contributed by atoms with Crippen LogP contribution in [0.4, 0.5) is 0 Å². The van der Waals surface area contributed by atoms with Crippen LogP contribution >= 0.6 is 15.9 Å². The van der Waals surface area contributed by atoms with E-state index in [1.165, 1.54) is 0 Å². The lowest BCUT2D eigenvalue weighted by Crippen LogP contribution is -2.45. The number of hydrogen-bond acceptors (Lipinski definition) is 4. The maximum Gasteiger partial charge on any atom is 0.126 e. The number of ether oxygens (including phenoxy) is 1. The summed E-state index contributed by atoms with van der Waals surface area (Å²) in [5, 5.41) is 0. The van der Waals surface area contributed by atoms with Crippen molar-refractivity contribution in [3.05, 3.63) is 27.7 Å². The lowest BCUT2D eigenvalue weighted by atomic mass is 10.1. The number of piperazine rings is 1. The lowest BCUT2D eigenvalue weighted by Gasteiger charge is -2.32. The number of nitrogens with zero attached hydrogens (tertiary/aromatic N) is 2. The Balaban J connectivity index is 1.88. The van der Waals surface area contributed by atoms with Crippen LogP contribution < -0.4 is 10.5 Å². The second-order valence-electron chi connectivity index (χ2n) is 5.41. The highest BCUT2D eigenvalue weighted by Crippen LogP contribution is 2.27. The van der Waals surface area contributed by atoms with E-state index in [1.807, 2.05) is 6.07 Å². The molecule has 0 radical (unpaired) electrons. The van der Waals surface area contributed by atoms with Crippen LogP contribution in [0.2, 0.25) is 0 Å². The molecule has 1 saturated heterocycles. The van der Waals surface area contributed by atoms with E-state index in [4.69, 9.17) is 10.5 Å². The van der Waals surface area contributed by atoms with Crippen molar-refractivity contribution in [3.63, 3.8) is 0 Å². The van der Waals surface area contributed by atoms with Gasteiger partial charge in [0.1, 0.15) is 12.4 Å². The second-order valence-corrected chi connectivity index (χ2v) is 6.32. The van der Waals surface area contributed by atoms with Crippen LogP contribution in [0.15, 0.2) is 16.6 Å². The van der Waals surface area contributed by atoms with Gasteiger partial charge < -0.3 is 15.4 Å². The number of rotatable bonds is 5. The summed E-state index contributed by atoms with van der Waals surface area (Å²) in [6.45, 7) is 8.81. The van der Waals surface area contributed by atoms with E-state index in [2.05, 4.69) is 45.8 Å². The van der Waals surface area contributed by atoms with Crippen LogP contribution in [-0.2, 0) is 6.54 Å². The van der Waals surface area contributed by atoms with Crippen LogP contribution in [-0.4, -0.2) is 56.2 Å². The van der Waals surface area contributed by atoms with Crippen LogP contribution in [0, 0.1) is 6.92 Å². The Morgan fingerprint density at radius 3 is 2.60 bits per heavy atom. The van der Waals surface area contributed by atoms with Crippen LogP contribution in [0.3, 0.4) is 0 Å². The Hall–Kier alpha value is -0.620. The second kappa shape index (κ2) is 7.41. The molecule has 0 spiro atoms. The minimum Gasteiger partial charge on any atom is -0.492 e. The van der Waals surface area contributed by atoms with Crippen molar-refractivity contribution in [2.75, 3.05) is 46.4 Å². The molecule has 0 bridgehead atoms. The number of aryl methyl sites for hydroxylation is 1. The minimum absolute atomic E-state index is 0.504. The van der Waals surface area contributed by atoms with Gasteiger partial charge in [0.15, 0.2) is 0 Å². The molecular formula is C15H24BrN3O. The highest BCUT2D eigenvalue weighted by Gasteiger charge is 2.14. The molecule has 1 fully saturated rings. The molecule has 1 aromatic rings. The molecular weight excluding hydrogens is 318 g/mol. The topological polar surface area (TPSA) is 41.7 Å². The van der Waals surface area contributed by atoms with E-state index >= 15 is 0 Å². The molecule has 4 nitrogen and oxygen atoms in total. The monoisotopic (exact) mass is 341 g/mol. The van der Waals surface area contributed by atoms with Gasteiger partial charge in [-0.25, -0.2) is 0 Å². The van der Waals surface area contributed by atoms with E-state index < -0.39 is 0 Å². The van der Waals surface area contributed by atoms with Crippen LogP contribution in [0.25, 0.3) is 0 Å². The van der Waals surface area contributed by atoms with E-state index in [1.54, 1.807) is 0 Å². The van der Waals surface area contributed by atoms with Gasteiger partial charge in [0.2, 0.25) is 0 Å². The zero-order chi connectivity index (χ0) is 14.5. The van der Waals surface area contributed by atoms with Gasteiger partial charge >= 0.3 is 0 Å². The van der Waals surface area contributed by atoms with Gasteiger partial charge in [0, 0.05) is 49.3 Å². The molecule has 2 N–H and O–H groups in total. The molecule has 1 aromatic carbocycles. The SMILES string of the molecule is Cc1cc(Br)cc(CN)c1OCCN1CCN(C)CC1. The Labute approximate surface area is 130 Å². The fourth-order valence-corrected chi connectivity index (χ4v) is 3.13. The van der Waals surface area contributed by atoms with Gasteiger partial charge in [0.25, 0.3) is 0 Å². The fourth-order valence-electron chi connectivity index (χ4n) is 2.51. The van der Waals surface area contributed by atoms with E-state index in [0.717, 1.165) is 60.7 Å². The smallest absolute Gasteiger partial charge is 0.126 e. The summed E-state index contributed by atoms with van der Waals surface area (Å²) >= 11 is 3.50. The summed E-state index contributed by atoms with van der Waals surface area (Å²) < 4.78 is 7.04. The first kappa shape index (κ1) is 15.8. The number of nitrogens with two attached hydrogens (primary N) is 1. The molecule has 2 rings (SSSR count). The average molecular weight is 342 g/mol. The molecule has 0 unspecified atom stereocenters. The third-order valence-corrected chi connectivity index (χ3v) is 4.24. The Morgan fingerprint density at radius 2 is 1.95 bits per heavy atom. The van der Waals surface area contributed by atoms with E-state index in [9.17, 15) is 0 Å². The van der Waals surface area contributed by atoms with Crippen molar-refractivity contribution in [1.82, 2.24) is 9.80 Å². The molecule has 112 valence electrons. The maximum atomic E-state index is 5.99. The first-order valence-corrected chi connectivity index (χ1v) is 7.92. The first-order chi connectivity index (χ1) is 9.60. The van der Waals surface area contributed by atoms with Gasteiger partial charge in [-0.05, 0) is 31.7 Å². The Kier molecular flexibility index (Phi) is 5.84. The molecule has 0 aromatic heterocycles. The minimum atomic E-state index is 0.504. The van der Waals surface area contributed by atoms with Crippen LogP contribution in [0.1, 0.15) is 11.1 Å². The summed E-state index contributed by atoms with van der Waals surface area (Å²) in [4.78, 5) is 4.82. The van der Waals surface area contributed by atoms with Crippen molar-refractivity contribution in [1.29, 1.82) is 0 Å². The molecule has 5 heteroatoms. The zero-order valence-corrected chi connectivity index (χ0v) is 13.9. The molecule has 20 heavy (non-hydrogen) atoms. The van der Waals surface area contributed by atoms with Gasteiger partial charge in [-0.3, -0.25) is 4.90 Å². The molecule has 1 aliphatic heterocycles. The number of likely N-dealkylation sites (N-methyl/N-ethyl adjacent to an activating group) is 1. The van der Waals surface area contributed by atoms with Crippen molar-refractivity contribution >= 4 is 15.9 Å². The average Bonchev–Trinajstić information content (AvgIpc) is 2.42. The Bertz CT molecular complexity index is 445. The van der Waals surface area contributed by atoms with E-state index in [-0.39, 0.29) is 0 Å². The van der Waals surface area contributed by atoms with Crippen molar-refractivity contribution in [2.24, 2.45) is 5.73 Å². The summed E-state index contributed by atoms with van der Waals surface area (Å²) in [5.41, 5.74) is 8.00. The molecule has 0 atom stereocenters. The largest absolute Gasteiger partial charge is 0.492 e. The molecule has 0 aliphatic carbocycles. The Morgan fingerprint density at radius 1 is 1.25 bits per heavy atom. The quantitative estimate of drug-likeness (QED) is 0.887. The number of hydrogen-bond donors (Lipinski definition) is 1. The van der Waals surface area contributed by atoms with Gasteiger partial charge in [-0.1, -0.05) is 15.9 Å². The van der Waals surface area contributed by atoms with Gasteiger partial charge in [-0.2, -0.15) is 0 Å². The standard InChI is InChI=1S/C15H24BrN3O/c1-12-9-14(16)10-13(11-17)15(12)20-8-7-19-5-3-18(2)4-6-19/h9-10H,3-8,11,17H2,1-2H3. The summed E-state index contributed by atoms with van der Waals surface area (Å²) in [6, 6.07) is 4.11. The molecule has 0 amide bonds. The lowest BCUT2D eigenvalue weighted by molar-refractivity contribution is 0.133.